The van der Waals surface area contributed by atoms with E-state index in [4.69, 9.17) is 46.9 Å². The number of hydrogen-bond donors (Lipinski definition) is 5. The SMILES string of the molecule is CCCCCCCCCCCCCCCCC(=O)OC[C@H](COP(=O)(O)OCC[N+](C)(C)C)OC(=O)CCCCCCCCCCCCNC(=O)CCC(=O)O[C@@H](C(=O)O[C@H]1C[C@@]2(O)C(OC(=O)c3ccccc3)C3[C@](C)(C(=O)[C@H](OC(C)=O)C(=C1C)C2(C)C)[C@@H](O)C[C@H]1OC[C@@]31OC(C)=O)[C@@H](NC(=O)c1ccccc1)c1ccccc1. The number of Topliss-reactive ketones (excluding diaryl/α,β-unsaturated/α-hetero) is 1. The van der Waals surface area contributed by atoms with Crippen LogP contribution in [0.5, 0.6) is 0 Å². The molecule has 3 fully saturated rings. The number of fused-ring (bicyclic) bond motifs is 5. The minimum Gasteiger partial charge on any atom is -0.462 e. The summed E-state index contributed by atoms with van der Waals surface area (Å²) in [5, 5.41) is 32.2. The zero-order valence-corrected chi connectivity index (χ0v) is 71.5. The number of phosphoric ester groups is 1. The molecule has 0 radical (unpaired) electrons. The summed E-state index contributed by atoms with van der Waals surface area (Å²) in [7, 11) is 1.23. The van der Waals surface area contributed by atoms with Crippen LogP contribution in [0.4, 0.5) is 0 Å². The fourth-order valence-corrected chi connectivity index (χ4v) is 17.3. The Morgan fingerprint density at radius 2 is 1.15 bits per heavy atom. The number of nitrogens with zero attached hydrogens (tertiary/aromatic N) is 1. The van der Waals surface area contributed by atoms with Gasteiger partial charge in [0.1, 0.15) is 49.7 Å². The van der Waals surface area contributed by atoms with Crippen LogP contribution in [0.15, 0.2) is 102 Å². The zero-order valence-electron chi connectivity index (χ0n) is 70.6. The van der Waals surface area contributed by atoms with Crippen LogP contribution in [0.3, 0.4) is 0 Å². The van der Waals surface area contributed by atoms with Crippen molar-refractivity contribution in [3.63, 3.8) is 0 Å². The molecule has 2 amide bonds. The Hall–Kier alpha value is -7.75. The van der Waals surface area contributed by atoms with E-state index in [2.05, 4.69) is 17.6 Å². The van der Waals surface area contributed by atoms with E-state index in [1.165, 1.54) is 116 Å². The van der Waals surface area contributed by atoms with Crippen LogP contribution < -0.4 is 10.6 Å². The number of esters is 7. The highest BCUT2D eigenvalue weighted by molar-refractivity contribution is 7.47. The number of carbonyl (C=O) groups is 10. The van der Waals surface area contributed by atoms with Crippen LogP contribution >= 0.6 is 7.82 Å². The Bertz CT molecular complexity index is 3800. The Kier molecular flexibility index (Phi) is 38.5. The number of ketones is 1. The molecule has 3 aromatic carbocycles. The van der Waals surface area contributed by atoms with Gasteiger partial charge in [-0.25, -0.2) is 14.2 Å². The molecule has 13 atom stereocenters. The largest absolute Gasteiger partial charge is 0.472 e. The second kappa shape index (κ2) is 46.7. The third-order valence-corrected chi connectivity index (χ3v) is 24.3. The molecule has 4 aliphatic rings. The molecule has 3 aromatic rings. The molecule has 0 aromatic heterocycles. The Labute approximate surface area is 690 Å². The molecule has 1 aliphatic heterocycles. The maximum Gasteiger partial charge on any atom is 0.472 e. The second-order valence-corrected chi connectivity index (χ2v) is 35.2. The number of aliphatic hydroxyl groups excluding tert-OH is 1. The summed E-state index contributed by atoms with van der Waals surface area (Å²) < 4.78 is 71.9. The number of likely N-dealkylation sites (N-methyl/N-ethyl adjacent to an activating group) is 1. The third-order valence-electron chi connectivity index (χ3n) is 23.3. The Balaban J connectivity index is 0.921. The quantitative estimate of drug-likeness (QED) is 0.00875. The zero-order chi connectivity index (χ0) is 85.4. The fraction of sp³-hybridized carbons (Fsp3) is 0.663. The summed E-state index contributed by atoms with van der Waals surface area (Å²) in [6.07, 6.45) is 12.1. The van der Waals surface area contributed by atoms with Crippen LogP contribution in [-0.4, -0.2) is 194 Å². The van der Waals surface area contributed by atoms with Gasteiger partial charge in [0, 0.05) is 63.5 Å². The van der Waals surface area contributed by atoms with E-state index in [9.17, 15) is 58.0 Å². The van der Waals surface area contributed by atoms with E-state index in [-0.39, 0.29) is 73.3 Å². The minimum atomic E-state index is -4.50. The van der Waals surface area contributed by atoms with Gasteiger partial charge in [-0.2, -0.15) is 0 Å². The van der Waals surface area contributed by atoms with Crippen LogP contribution in [0.25, 0.3) is 0 Å². The number of nitrogens with one attached hydrogen (secondary N) is 2. The summed E-state index contributed by atoms with van der Waals surface area (Å²) >= 11 is 0. The maximum absolute atomic E-state index is 16.0. The standard InChI is InChI=1S/C89H130N3O24P/c1-11-12-13-14-15-16-17-18-19-20-23-26-29-41-50-73(97)107-59-68(60-110-117(105,106)109-56-55-92(8,9)10)112-74(98)51-42-30-27-24-21-22-25-28-31-43-54-90-72(96)52-53-75(99)114-79(77(65-44-35-32-36-45-65)91-83(101)66-46-37-33-38-47-66)85(103)113-69-58-89(104)82(115-84(102)67-48-39-34-40-49-67)80-87(7,70(95)57-71-88(80,61-108-71)116-64(4)94)81(100)78(111-63(3)93)76(62(69)2)86(89,5)6/h32-40,44-49,68-71,77-80,82,95,104H,11-31,41-43,50-61H2,1-10H3,(H2-,90,91,96,101,105,106)/p+1/t68-,69+,70+,71-,77+,78-,79-,80?,82?,87-,88+,89-/m1/s1. The van der Waals surface area contributed by atoms with E-state index in [0.29, 0.717) is 36.8 Å². The minimum absolute atomic E-state index is 0.0174. The number of phosphoric acid groups is 1. The molecule has 650 valence electrons. The number of rotatable bonds is 52. The average Bonchev–Trinajstić information content (AvgIpc) is 0.668. The van der Waals surface area contributed by atoms with Crippen molar-refractivity contribution >= 4 is 67.2 Å². The monoisotopic (exact) mass is 1660 g/mol. The smallest absolute Gasteiger partial charge is 0.462 e. The maximum atomic E-state index is 16.0. The predicted molar refractivity (Wildman–Crippen MR) is 435 cm³/mol. The first-order chi connectivity index (χ1) is 55.7. The molecule has 1 saturated heterocycles. The van der Waals surface area contributed by atoms with Gasteiger partial charge in [-0.15, -0.1) is 0 Å². The highest BCUT2D eigenvalue weighted by atomic mass is 31.2. The molecule has 2 bridgehead atoms. The third kappa shape index (κ3) is 28.5. The molecule has 2 saturated carbocycles. The highest BCUT2D eigenvalue weighted by Gasteiger charge is 2.78. The van der Waals surface area contributed by atoms with Gasteiger partial charge in [-0.05, 0) is 74.1 Å². The van der Waals surface area contributed by atoms with Crippen LogP contribution in [0.1, 0.15) is 273 Å². The van der Waals surface area contributed by atoms with E-state index >= 15 is 9.59 Å². The van der Waals surface area contributed by atoms with Gasteiger partial charge in [0.15, 0.2) is 23.6 Å². The van der Waals surface area contributed by atoms with Crippen LogP contribution in [0, 0.1) is 16.7 Å². The summed E-state index contributed by atoms with van der Waals surface area (Å²) in [6.45, 7) is 9.89. The van der Waals surface area contributed by atoms with Gasteiger partial charge < -0.3 is 68.1 Å². The van der Waals surface area contributed by atoms with Crippen molar-refractivity contribution in [2.24, 2.45) is 16.7 Å². The number of unbranched alkanes of at least 4 members (excludes halogenated alkanes) is 22. The number of hydrogen-bond acceptors (Lipinski definition) is 23. The lowest BCUT2D eigenvalue weighted by Gasteiger charge is -2.67. The molecule has 3 unspecified atom stereocenters. The summed E-state index contributed by atoms with van der Waals surface area (Å²) in [5.41, 5.74) is -7.86. The van der Waals surface area contributed by atoms with Gasteiger partial charge in [0.2, 0.25) is 12.0 Å². The number of carbonyl (C=O) groups excluding carboxylic acids is 10. The lowest BCUT2D eigenvalue weighted by atomic mass is 9.44. The van der Waals surface area contributed by atoms with E-state index in [1.807, 2.05) is 21.1 Å². The molecule has 28 heteroatoms. The number of benzene rings is 3. The topological polar surface area (TPSA) is 365 Å². The fourth-order valence-electron chi connectivity index (χ4n) is 16.6. The number of quaternary nitrogens is 1. The lowest BCUT2D eigenvalue weighted by molar-refractivity contribution is -0.870. The van der Waals surface area contributed by atoms with E-state index in [0.717, 1.165) is 84.5 Å². The average molecular weight is 1660 g/mol. The Morgan fingerprint density at radius 3 is 1.68 bits per heavy atom. The normalized spacial score (nSPS) is 23.2. The van der Waals surface area contributed by atoms with Gasteiger partial charge in [0.25, 0.3) is 5.91 Å². The second-order valence-electron chi connectivity index (χ2n) is 33.7. The van der Waals surface area contributed by atoms with Gasteiger partial charge >= 0.3 is 49.6 Å². The highest BCUT2D eigenvalue weighted by Crippen LogP contribution is 2.65. The molecular weight excluding hydrogens is 1530 g/mol. The van der Waals surface area contributed by atoms with Crippen molar-refractivity contribution in [2.75, 3.05) is 60.7 Å². The molecular formula is C89H131N3O24P+. The van der Waals surface area contributed by atoms with E-state index < -0.39 is 163 Å². The van der Waals surface area contributed by atoms with Crippen molar-refractivity contribution in [3.05, 3.63) is 119 Å². The molecule has 5 N–H and O–H groups in total. The summed E-state index contributed by atoms with van der Waals surface area (Å²) in [6, 6.07) is 22.4. The van der Waals surface area contributed by atoms with Crippen LogP contribution in [-0.2, 0) is 89.9 Å². The lowest BCUT2D eigenvalue weighted by Crippen LogP contribution is -2.82. The van der Waals surface area contributed by atoms with Crippen LogP contribution in [0.2, 0.25) is 0 Å². The molecule has 117 heavy (non-hydrogen) atoms. The first-order valence-corrected chi connectivity index (χ1v) is 43.9. The van der Waals surface area contributed by atoms with E-state index in [1.54, 1.807) is 66.7 Å². The summed E-state index contributed by atoms with van der Waals surface area (Å²) in [4.78, 5) is 151. The van der Waals surface area contributed by atoms with Gasteiger partial charge in [-0.3, -0.25) is 47.4 Å². The van der Waals surface area contributed by atoms with Crippen molar-refractivity contribution in [3.8, 4) is 0 Å². The molecule has 1 heterocycles. The molecule has 27 nitrogen and oxygen atoms in total. The van der Waals surface area contributed by atoms with Crippen molar-refractivity contribution in [1.82, 2.24) is 10.6 Å². The van der Waals surface area contributed by atoms with Crippen molar-refractivity contribution in [1.29, 1.82) is 0 Å². The summed E-state index contributed by atoms with van der Waals surface area (Å²) in [5.74, 6) is -9.79. The predicted octanol–water partition coefficient (Wildman–Crippen LogP) is 13.6. The van der Waals surface area contributed by atoms with Gasteiger partial charge in [0.05, 0.1) is 63.8 Å². The first kappa shape index (κ1) is 96.4. The van der Waals surface area contributed by atoms with Gasteiger partial charge in [-0.1, -0.05) is 222 Å². The first-order valence-electron chi connectivity index (χ1n) is 42.4. The molecule has 3 aliphatic carbocycles. The number of aliphatic hydroxyl groups is 2. The molecule has 0 spiro atoms. The van der Waals surface area contributed by atoms with Crippen molar-refractivity contribution < 1.29 is 119 Å². The number of amides is 2. The Morgan fingerprint density at radius 1 is 0.624 bits per heavy atom. The number of ether oxygens (including phenoxy) is 8. The van der Waals surface area contributed by atoms with Crippen molar-refractivity contribution in [2.45, 2.75) is 301 Å². The molecule has 7 rings (SSSR count).